The Bertz CT molecular complexity index is 913. The molecule has 0 heterocycles. The quantitative estimate of drug-likeness (QED) is 0.737. The highest BCUT2D eigenvalue weighted by Crippen LogP contribution is 2.10. The molecule has 2 aromatic carbocycles. The van der Waals surface area contributed by atoms with Crippen LogP contribution < -0.4 is 10.0 Å². The zero-order valence-electron chi connectivity index (χ0n) is 14.9. The monoisotopic (exact) mass is 393 g/mol. The lowest BCUT2D eigenvalue weighted by atomic mass is 10.1. The fourth-order valence-corrected chi connectivity index (χ4v) is 3.23. The number of carbonyl (C=O) groups is 2. The molecule has 144 valence electrons. The van der Waals surface area contributed by atoms with Gasteiger partial charge in [-0.05, 0) is 42.0 Å². The summed E-state index contributed by atoms with van der Waals surface area (Å²) in [6.45, 7) is -0.169. The van der Waals surface area contributed by atoms with E-state index in [1.54, 1.807) is 31.3 Å². The summed E-state index contributed by atoms with van der Waals surface area (Å²) in [4.78, 5) is 24.9. The third-order valence-electron chi connectivity index (χ3n) is 3.83. The van der Waals surface area contributed by atoms with Gasteiger partial charge in [0.05, 0.1) is 11.4 Å². The molecule has 0 atom stereocenters. The molecule has 0 saturated carbocycles. The van der Waals surface area contributed by atoms with E-state index in [1.807, 2.05) is 0 Å². The van der Waals surface area contributed by atoms with Crippen LogP contribution in [0, 0.1) is 5.82 Å². The molecule has 27 heavy (non-hydrogen) atoms. The van der Waals surface area contributed by atoms with Gasteiger partial charge in [-0.25, -0.2) is 17.5 Å². The second-order valence-corrected chi connectivity index (χ2v) is 7.57. The zero-order valence-corrected chi connectivity index (χ0v) is 15.7. The summed E-state index contributed by atoms with van der Waals surface area (Å²) in [5.41, 5.74) is 1.29. The summed E-state index contributed by atoms with van der Waals surface area (Å²) in [6.07, 6.45) is 0. The number of carbonyl (C=O) groups excluding carboxylic acids is 2. The van der Waals surface area contributed by atoms with Gasteiger partial charge in [0, 0.05) is 26.2 Å². The van der Waals surface area contributed by atoms with Crippen LogP contribution >= 0.6 is 0 Å². The average molecular weight is 393 g/mol. The molecule has 0 aliphatic carbocycles. The van der Waals surface area contributed by atoms with Crippen molar-refractivity contribution in [1.29, 1.82) is 0 Å². The van der Waals surface area contributed by atoms with E-state index >= 15 is 0 Å². The van der Waals surface area contributed by atoms with Crippen molar-refractivity contribution in [2.24, 2.45) is 0 Å². The number of rotatable bonds is 7. The van der Waals surface area contributed by atoms with Crippen molar-refractivity contribution >= 4 is 21.8 Å². The first-order valence-corrected chi connectivity index (χ1v) is 9.51. The van der Waals surface area contributed by atoms with E-state index in [0.29, 0.717) is 5.56 Å². The third kappa shape index (κ3) is 5.60. The predicted molar refractivity (Wildman–Crippen MR) is 97.9 cm³/mol. The third-order valence-corrected chi connectivity index (χ3v) is 5.24. The van der Waals surface area contributed by atoms with Crippen molar-refractivity contribution in [3.8, 4) is 0 Å². The molecule has 2 aromatic rings. The molecule has 2 rings (SSSR count). The van der Waals surface area contributed by atoms with E-state index in [9.17, 15) is 22.4 Å². The number of sulfonamides is 1. The van der Waals surface area contributed by atoms with E-state index in [1.165, 1.54) is 11.9 Å². The van der Waals surface area contributed by atoms with Crippen LogP contribution in [-0.4, -0.2) is 45.8 Å². The van der Waals surface area contributed by atoms with Gasteiger partial charge in [-0.2, -0.15) is 0 Å². The summed E-state index contributed by atoms with van der Waals surface area (Å²) < 4.78 is 39.3. The lowest BCUT2D eigenvalue weighted by Gasteiger charge is -2.18. The van der Waals surface area contributed by atoms with E-state index < -0.39 is 28.3 Å². The number of nitrogens with one attached hydrogen (secondary N) is 2. The number of nitrogens with zero attached hydrogens (tertiary/aromatic N) is 1. The van der Waals surface area contributed by atoms with Crippen molar-refractivity contribution in [3.05, 3.63) is 65.5 Å². The fourth-order valence-electron chi connectivity index (χ4n) is 2.26. The predicted octanol–water partition coefficient (Wildman–Crippen LogP) is 1.12. The van der Waals surface area contributed by atoms with Gasteiger partial charge in [0.15, 0.2) is 0 Å². The second kappa shape index (κ2) is 8.74. The highest BCUT2D eigenvalue weighted by Gasteiger charge is 2.17. The van der Waals surface area contributed by atoms with E-state index in [2.05, 4.69) is 10.0 Å². The van der Waals surface area contributed by atoms with Crippen molar-refractivity contribution < 1.29 is 22.4 Å². The first-order chi connectivity index (χ1) is 12.7. The lowest BCUT2D eigenvalue weighted by molar-refractivity contribution is -0.129. The molecule has 0 aromatic heterocycles. The van der Waals surface area contributed by atoms with Gasteiger partial charge in [-0.1, -0.05) is 12.1 Å². The minimum absolute atomic E-state index is 0.121. The Balaban J connectivity index is 1.93. The number of benzene rings is 2. The van der Waals surface area contributed by atoms with Gasteiger partial charge < -0.3 is 10.2 Å². The van der Waals surface area contributed by atoms with Crippen molar-refractivity contribution in [3.63, 3.8) is 0 Å². The van der Waals surface area contributed by atoms with Crippen LogP contribution in [0.25, 0.3) is 0 Å². The van der Waals surface area contributed by atoms with Crippen molar-refractivity contribution in [2.45, 2.75) is 11.4 Å². The van der Waals surface area contributed by atoms with Crippen molar-refractivity contribution in [2.75, 3.05) is 20.6 Å². The highest BCUT2D eigenvalue weighted by atomic mass is 32.2. The normalized spacial score (nSPS) is 11.1. The molecule has 0 radical (unpaired) electrons. The summed E-state index contributed by atoms with van der Waals surface area (Å²) in [7, 11) is -0.825. The van der Waals surface area contributed by atoms with Crippen LogP contribution in [0.5, 0.6) is 0 Å². The van der Waals surface area contributed by atoms with Gasteiger partial charge in [0.2, 0.25) is 15.9 Å². The molecular weight excluding hydrogens is 373 g/mol. The maximum absolute atomic E-state index is 12.9. The van der Waals surface area contributed by atoms with Gasteiger partial charge in [-0.3, -0.25) is 9.59 Å². The van der Waals surface area contributed by atoms with Gasteiger partial charge in [0.1, 0.15) is 5.82 Å². The molecule has 0 spiro atoms. The van der Waals surface area contributed by atoms with Crippen molar-refractivity contribution in [1.82, 2.24) is 14.9 Å². The Labute approximate surface area is 157 Å². The SMILES string of the molecule is CNC(=O)c1ccc(CN(C)C(=O)CNS(=O)(=O)c2ccc(F)cc2)cc1. The standard InChI is InChI=1S/C18H20FN3O4S/c1-20-18(24)14-5-3-13(4-6-14)12-22(2)17(23)11-21-27(25,26)16-9-7-15(19)8-10-16/h3-10,21H,11-12H2,1-2H3,(H,20,24). The molecule has 9 heteroatoms. The van der Waals surface area contributed by atoms with Crippen LogP contribution in [0.2, 0.25) is 0 Å². The number of hydrogen-bond acceptors (Lipinski definition) is 4. The van der Waals surface area contributed by atoms with Gasteiger partial charge in [0.25, 0.3) is 5.91 Å². The molecular formula is C18H20FN3O4S. The Kier molecular flexibility index (Phi) is 6.65. The maximum Gasteiger partial charge on any atom is 0.251 e. The molecule has 0 aliphatic rings. The van der Waals surface area contributed by atoms with Gasteiger partial charge >= 0.3 is 0 Å². The molecule has 2 amide bonds. The number of hydrogen-bond donors (Lipinski definition) is 2. The van der Waals surface area contributed by atoms with Crippen LogP contribution in [-0.2, 0) is 21.4 Å². The fraction of sp³-hybridized carbons (Fsp3) is 0.222. The molecule has 0 unspecified atom stereocenters. The van der Waals surface area contributed by atoms with Crippen LogP contribution in [0.15, 0.2) is 53.4 Å². The van der Waals surface area contributed by atoms with Crippen LogP contribution in [0.3, 0.4) is 0 Å². The summed E-state index contributed by atoms with van der Waals surface area (Å²) in [5.74, 6) is -1.19. The number of halogens is 1. The van der Waals surface area contributed by atoms with E-state index in [-0.39, 0.29) is 17.3 Å². The van der Waals surface area contributed by atoms with E-state index in [4.69, 9.17) is 0 Å². The maximum atomic E-state index is 12.9. The average Bonchev–Trinajstić information content (AvgIpc) is 2.66. The Morgan fingerprint density at radius 2 is 1.63 bits per heavy atom. The van der Waals surface area contributed by atoms with Gasteiger partial charge in [-0.15, -0.1) is 0 Å². The molecule has 0 saturated heterocycles. The minimum atomic E-state index is -3.91. The largest absolute Gasteiger partial charge is 0.355 e. The number of amides is 2. The molecule has 2 N–H and O–H groups in total. The van der Waals surface area contributed by atoms with Crippen LogP contribution in [0.1, 0.15) is 15.9 Å². The first-order valence-electron chi connectivity index (χ1n) is 8.03. The lowest BCUT2D eigenvalue weighted by Crippen LogP contribution is -2.37. The molecule has 7 nitrogen and oxygen atoms in total. The Morgan fingerprint density at radius 3 is 2.19 bits per heavy atom. The summed E-state index contributed by atoms with van der Waals surface area (Å²) >= 11 is 0. The molecule has 0 fully saturated rings. The Hall–Kier alpha value is -2.78. The molecule has 0 aliphatic heterocycles. The molecule has 0 bridgehead atoms. The smallest absolute Gasteiger partial charge is 0.251 e. The second-order valence-electron chi connectivity index (χ2n) is 5.80. The number of likely N-dealkylation sites (N-methyl/N-ethyl adjacent to an activating group) is 1. The summed E-state index contributed by atoms with van der Waals surface area (Å²) in [6, 6.07) is 11.0. The van der Waals surface area contributed by atoms with E-state index in [0.717, 1.165) is 29.8 Å². The minimum Gasteiger partial charge on any atom is -0.355 e. The summed E-state index contributed by atoms with van der Waals surface area (Å²) in [5, 5.41) is 2.52. The highest BCUT2D eigenvalue weighted by molar-refractivity contribution is 7.89. The Morgan fingerprint density at radius 1 is 1.04 bits per heavy atom. The van der Waals surface area contributed by atoms with Crippen LogP contribution in [0.4, 0.5) is 4.39 Å². The zero-order chi connectivity index (χ0) is 20.0. The topological polar surface area (TPSA) is 95.6 Å². The first kappa shape index (κ1) is 20.5.